The monoisotopic (exact) mass is 466 g/mol. The van der Waals surface area contributed by atoms with Crippen molar-refractivity contribution in [1.82, 2.24) is 14.3 Å². The molecule has 0 saturated carbocycles. The minimum absolute atomic E-state index is 0.166. The molecule has 0 unspecified atom stereocenters. The zero-order valence-corrected chi connectivity index (χ0v) is 21.4. The van der Waals surface area contributed by atoms with E-state index in [1.165, 1.54) is 27.9 Å². The van der Waals surface area contributed by atoms with Crippen LogP contribution in [0.2, 0.25) is 0 Å². The molecule has 1 saturated heterocycles. The number of rotatable bonds is 4. The molecule has 35 heavy (non-hydrogen) atoms. The zero-order chi connectivity index (χ0) is 24.7. The number of aromatic nitrogens is 2. The average molecular weight is 467 g/mol. The molecule has 0 atom stereocenters. The van der Waals surface area contributed by atoms with Crippen molar-refractivity contribution in [2.24, 2.45) is 0 Å². The van der Waals surface area contributed by atoms with Gasteiger partial charge in [0, 0.05) is 43.6 Å². The quantitative estimate of drug-likeness (QED) is 0.402. The molecule has 180 valence electrons. The molecule has 1 amide bonds. The van der Waals surface area contributed by atoms with Crippen LogP contribution in [0.3, 0.4) is 0 Å². The van der Waals surface area contributed by atoms with Gasteiger partial charge in [0.1, 0.15) is 5.65 Å². The lowest BCUT2D eigenvalue weighted by Crippen LogP contribution is -2.49. The van der Waals surface area contributed by atoms with E-state index in [0.29, 0.717) is 6.42 Å². The molecule has 3 heterocycles. The highest BCUT2D eigenvalue weighted by molar-refractivity contribution is 5.82. The first-order valence-electron chi connectivity index (χ1n) is 12.5. The van der Waals surface area contributed by atoms with Gasteiger partial charge in [-0.3, -0.25) is 4.79 Å². The number of nitrogens with zero attached hydrogens (tertiary/aromatic N) is 4. The van der Waals surface area contributed by atoms with Gasteiger partial charge in [0.2, 0.25) is 5.91 Å². The first kappa shape index (κ1) is 23.2. The normalized spacial score (nSPS) is 14.1. The highest BCUT2D eigenvalue weighted by atomic mass is 16.2. The van der Waals surface area contributed by atoms with E-state index in [4.69, 9.17) is 4.98 Å². The molecule has 0 aliphatic carbocycles. The van der Waals surface area contributed by atoms with Crippen molar-refractivity contribution in [3.8, 4) is 11.3 Å². The number of imidazole rings is 1. The van der Waals surface area contributed by atoms with Crippen molar-refractivity contribution in [3.05, 3.63) is 88.2 Å². The summed E-state index contributed by atoms with van der Waals surface area (Å²) in [6.07, 6.45) is 2.37. The fraction of sp³-hybridized carbons (Fsp3) is 0.333. The van der Waals surface area contributed by atoms with Crippen LogP contribution in [0.4, 0.5) is 5.69 Å². The van der Waals surface area contributed by atoms with Gasteiger partial charge in [0.05, 0.1) is 17.8 Å². The summed E-state index contributed by atoms with van der Waals surface area (Å²) in [7, 11) is 0. The smallest absolute Gasteiger partial charge is 0.228 e. The van der Waals surface area contributed by atoms with Gasteiger partial charge in [0.25, 0.3) is 0 Å². The summed E-state index contributed by atoms with van der Waals surface area (Å²) in [6, 6.07) is 17.0. The number of hydrogen-bond acceptors (Lipinski definition) is 3. The Bertz CT molecular complexity index is 1410. The van der Waals surface area contributed by atoms with Crippen molar-refractivity contribution < 1.29 is 4.79 Å². The van der Waals surface area contributed by atoms with Crippen LogP contribution in [0.1, 0.15) is 33.5 Å². The van der Waals surface area contributed by atoms with Crippen molar-refractivity contribution >= 4 is 17.2 Å². The number of piperazine rings is 1. The summed E-state index contributed by atoms with van der Waals surface area (Å²) in [4.78, 5) is 23.0. The predicted molar refractivity (Wildman–Crippen MR) is 143 cm³/mol. The van der Waals surface area contributed by atoms with E-state index in [2.05, 4.69) is 86.4 Å². The molecule has 4 aromatic rings. The van der Waals surface area contributed by atoms with E-state index in [1.54, 1.807) is 0 Å². The molecular weight excluding hydrogens is 432 g/mol. The van der Waals surface area contributed by atoms with Gasteiger partial charge in [-0.15, -0.1) is 0 Å². The Morgan fingerprint density at radius 2 is 1.57 bits per heavy atom. The summed E-state index contributed by atoms with van der Waals surface area (Å²) in [6.45, 7) is 13.8. The Morgan fingerprint density at radius 1 is 0.829 bits per heavy atom. The van der Waals surface area contributed by atoms with Crippen molar-refractivity contribution in [2.45, 2.75) is 41.0 Å². The molecule has 5 rings (SSSR count). The molecule has 0 radical (unpaired) electrons. The number of aryl methyl sites for hydroxylation is 4. The minimum Gasteiger partial charge on any atom is -0.368 e. The lowest BCUT2D eigenvalue weighted by molar-refractivity contribution is -0.130. The molecular formula is C30H34N4O. The highest BCUT2D eigenvalue weighted by Gasteiger charge is 2.25. The van der Waals surface area contributed by atoms with Crippen molar-refractivity contribution in [1.29, 1.82) is 0 Å². The second-order valence-electron chi connectivity index (χ2n) is 9.85. The van der Waals surface area contributed by atoms with Crippen molar-refractivity contribution in [3.63, 3.8) is 0 Å². The Balaban J connectivity index is 1.40. The van der Waals surface area contributed by atoms with Gasteiger partial charge in [-0.05, 0) is 80.6 Å². The molecule has 0 spiro atoms. The second-order valence-corrected chi connectivity index (χ2v) is 9.85. The third-order valence-corrected chi connectivity index (χ3v) is 7.59. The Labute approximate surface area is 208 Å². The van der Waals surface area contributed by atoms with E-state index in [1.807, 2.05) is 17.2 Å². The largest absolute Gasteiger partial charge is 0.368 e. The number of pyridine rings is 1. The number of carbonyl (C=O) groups is 1. The maximum Gasteiger partial charge on any atom is 0.228 e. The Morgan fingerprint density at radius 3 is 2.31 bits per heavy atom. The topological polar surface area (TPSA) is 40.9 Å². The fourth-order valence-corrected chi connectivity index (χ4v) is 5.07. The third-order valence-electron chi connectivity index (χ3n) is 7.59. The van der Waals surface area contributed by atoms with Gasteiger partial charge in [-0.2, -0.15) is 0 Å². The Kier molecular flexibility index (Phi) is 6.10. The van der Waals surface area contributed by atoms with Crippen LogP contribution in [-0.2, 0) is 11.2 Å². The van der Waals surface area contributed by atoms with Gasteiger partial charge in [-0.1, -0.05) is 30.3 Å². The lowest BCUT2D eigenvalue weighted by atomic mass is 10.0. The number of fused-ring (bicyclic) bond motifs is 1. The van der Waals surface area contributed by atoms with Gasteiger partial charge in [-0.25, -0.2) is 4.98 Å². The fourth-order valence-electron chi connectivity index (χ4n) is 5.07. The van der Waals surface area contributed by atoms with Gasteiger partial charge < -0.3 is 14.2 Å². The van der Waals surface area contributed by atoms with Crippen LogP contribution in [0.5, 0.6) is 0 Å². The first-order chi connectivity index (χ1) is 16.8. The summed E-state index contributed by atoms with van der Waals surface area (Å²) < 4.78 is 2.10. The molecule has 2 aromatic heterocycles. The minimum atomic E-state index is 0.166. The number of anilines is 1. The summed E-state index contributed by atoms with van der Waals surface area (Å²) >= 11 is 0. The van der Waals surface area contributed by atoms with E-state index < -0.39 is 0 Å². The number of benzene rings is 2. The number of carbonyl (C=O) groups excluding carboxylic acids is 1. The molecule has 2 aromatic carbocycles. The first-order valence-corrected chi connectivity index (χ1v) is 12.5. The van der Waals surface area contributed by atoms with E-state index in [9.17, 15) is 4.79 Å². The van der Waals surface area contributed by atoms with Crippen molar-refractivity contribution in [2.75, 3.05) is 31.1 Å². The molecule has 1 aliphatic heterocycles. The Hall–Kier alpha value is -3.60. The number of amides is 1. The van der Waals surface area contributed by atoms with Crippen LogP contribution in [0, 0.1) is 34.6 Å². The highest BCUT2D eigenvalue weighted by Crippen LogP contribution is 2.29. The molecule has 5 heteroatoms. The maximum atomic E-state index is 13.5. The van der Waals surface area contributed by atoms with E-state index in [0.717, 1.165) is 54.3 Å². The van der Waals surface area contributed by atoms with Crippen LogP contribution in [0.25, 0.3) is 16.9 Å². The number of hydrogen-bond donors (Lipinski definition) is 0. The third kappa shape index (κ3) is 4.31. The van der Waals surface area contributed by atoms with Crippen LogP contribution >= 0.6 is 0 Å². The van der Waals surface area contributed by atoms with Crippen LogP contribution in [-0.4, -0.2) is 46.4 Å². The maximum absolute atomic E-state index is 13.5. The zero-order valence-electron chi connectivity index (χ0n) is 21.4. The summed E-state index contributed by atoms with van der Waals surface area (Å²) in [5.41, 5.74) is 11.4. The molecule has 1 aliphatic rings. The molecule has 5 nitrogen and oxygen atoms in total. The van der Waals surface area contributed by atoms with E-state index >= 15 is 0 Å². The van der Waals surface area contributed by atoms with E-state index in [-0.39, 0.29) is 5.91 Å². The van der Waals surface area contributed by atoms with Crippen LogP contribution in [0.15, 0.2) is 54.7 Å². The SMILES string of the molecule is Cc1ccc(-c2nc3c(C)cccn3c2CC(=O)N2CCN(c3cccc(C)c3C)CC2)cc1C. The summed E-state index contributed by atoms with van der Waals surface area (Å²) in [5, 5.41) is 0. The standard InChI is InChI=1S/C30H34N4O/c1-20-11-12-25(18-23(20)4)29-27(34-13-7-9-22(3)30(34)31-29)19-28(35)33-16-14-32(15-17-33)26-10-6-8-21(2)24(26)5/h6-13,18H,14-17,19H2,1-5H3. The molecule has 0 N–H and O–H groups in total. The predicted octanol–water partition coefficient (Wildman–Crippen LogP) is 5.43. The summed E-state index contributed by atoms with van der Waals surface area (Å²) in [5.74, 6) is 0.166. The molecule has 0 bridgehead atoms. The lowest BCUT2D eigenvalue weighted by Gasteiger charge is -2.37. The average Bonchev–Trinajstić information content (AvgIpc) is 3.22. The molecule has 1 fully saturated rings. The van der Waals surface area contributed by atoms with Gasteiger partial charge in [0.15, 0.2) is 0 Å². The van der Waals surface area contributed by atoms with Crippen LogP contribution < -0.4 is 4.90 Å². The van der Waals surface area contributed by atoms with Gasteiger partial charge >= 0.3 is 0 Å². The second kappa shape index (κ2) is 9.21.